The summed E-state index contributed by atoms with van der Waals surface area (Å²) in [5, 5.41) is 14.1. The minimum atomic E-state index is -4.56. The number of rotatable bonds is 3. The molecule has 0 aromatic heterocycles. The van der Waals surface area contributed by atoms with Crippen LogP contribution in [0.1, 0.15) is 29.7 Å². The smallest absolute Gasteiger partial charge is 0.379 e. The zero-order valence-electron chi connectivity index (χ0n) is 13.4. The molecule has 0 spiro atoms. The summed E-state index contributed by atoms with van der Waals surface area (Å²) in [4.78, 5) is 0. The molecular weight excluding hydrogens is 325 g/mol. The Labute approximate surface area is 143 Å². The second-order valence-corrected chi connectivity index (χ2v) is 5.84. The second-order valence-electron chi connectivity index (χ2n) is 5.84. The predicted octanol–water partition coefficient (Wildman–Crippen LogP) is 5.90. The van der Waals surface area contributed by atoms with Crippen molar-refractivity contribution in [3.63, 3.8) is 0 Å². The van der Waals surface area contributed by atoms with Gasteiger partial charge in [-0.3, -0.25) is 0 Å². The van der Waals surface area contributed by atoms with E-state index >= 15 is 0 Å². The maximum atomic E-state index is 13.1. The van der Waals surface area contributed by atoms with Gasteiger partial charge in [-0.2, -0.15) is 18.4 Å². The Bertz CT molecular complexity index is 955. The number of nitrogens with one attached hydrogen (secondary N) is 1. The molecule has 126 valence electrons. The molecule has 0 aliphatic rings. The molecule has 3 rings (SSSR count). The molecule has 0 amide bonds. The lowest BCUT2D eigenvalue weighted by molar-refractivity contribution is -0.137. The summed E-state index contributed by atoms with van der Waals surface area (Å²) in [7, 11) is 0. The molecule has 3 aromatic rings. The van der Waals surface area contributed by atoms with Crippen molar-refractivity contribution in [2.75, 3.05) is 5.32 Å². The lowest BCUT2D eigenvalue weighted by atomic mass is 10.0. The Morgan fingerprint density at radius 2 is 1.68 bits per heavy atom. The van der Waals surface area contributed by atoms with Gasteiger partial charge in [-0.15, -0.1) is 0 Å². The molecule has 0 saturated heterocycles. The fourth-order valence-electron chi connectivity index (χ4n) is 2.78. The van der Waals surface area contributed by atoms with E-state index < -0.39 is 11.7 Å². The molecule has 1 atom stereocenters. The average molecular weight is 340 g/mol. The number of benzene rings is 3. The molecule has 2 nitrogen and oxygen atoms in total. The predicted molar refractivity (Wildman–Crippen MR) is 92.1 cm³/mol. The van der Waals surface area contributed by atoms with E-state index in [-0.39, 0.29) is 11.6 Å². The first-order chi connectivity index (χ1) is 11.9. The Kier molecular flexibility index (Phi) is 4.37. The first kappa shape index (κ1) is 16.8. The molecule has 0 radical (unpaired) electrons. The average Bonchev–Trinajstić information content (AvgIpc) is 2.60. The van der Waals surface area contributed by atoms with Gasteiger partial charge in [0.05, 0.1) is 17.2 Å². The van der Waals surface area contributed by atoms with Crippen molar-refractivity contribution < 1.29 is 13.2 Å². The largest absolute Gasteiger partial charge is 0.417 e. The van der Waals surface area contributed by atoms with Crippen LogP contribution in [0.4, 0.5) is 18.9 Å². The Morgan fingerprint density at radius 1 is 0.960 bits per heavy atom. The van der Waals surface area contributed by atoms with Crippen LogP contribution in [0.15, 0.2) is 60.7 Å². The summed E-state index contributed by atoms with van der Waals surface area (Å²) >= 11 is 0. The van der Waals surface area contributed by atoms with E-state index in [9.17, 15) is 13.2 Å². The standard InChI is InChI=1S/C20H15F3N2/c1-13(15-7-6-14-4-2-3-5-16(14)10-15)25-18-9-8-17(12-24)19(11-18)20(21,22)23/h2-11,13,25H,1H3/t13-/m1/s1. The normalized spacial score (nSPS) is 12.6. The van der Waals surface area contributed by atoms with Crippen LogP contribution in [0.5, 0.6) is 0 Å². The topological polar surface area (TPSA) is 35.8 Å². The molecule has 0 heterocycles. The van der Waals surface area contributed by atoms with Crippen LogP contribution >= 0.6 is 0 Å². The number of nitrogens with zero attached hydrogens (tertiary/aromatic N) is 1. The van der Waals surface area contributed by atoms with Gasteiger partial charge in [0.1, 0.15) is 0 Å². The Morgan fingerprint density at radius 3 is 2.36 bits per heavy atom. The van der Waals surface area contributed by atoms with Gasteiger partial charge in [-0.05, 0) is 47.5 Å². The highest BCUT2D eigenvalue weighted by Gasteiger charge is 2.33. The van der Waals surface area contributed by atoms with E-state index in [1.165, 1.54) is 12.1 Å². The molecule has 0 saturated carbocycles. The molecule has 1 N–H and O–H groups in total. The lowest BCUT2D eigenvalue weighted by Crippen LogP contribution is -2.11. The first-order valence-corrected chi connectivity index (χ1v) is 7.75. The lowest BCUT2D eigenvalue weighted by Gasteiger charge is -2.18. The van der Waals surface area contributed by atoms with Crippen molar-refractivity contribution in [2.45, 2.75) is 19.1 Å². The highest BCUT2D eigenvalue weighted by molar-refractivity contribution is 5.83. The number of anilines is 1. The zero-order valence-corrected chi connectivity index (χ0v) is 13.4. The summed E-state index contributed by atoms with van der Waals surface area (Å²) in [6.45, 7) is 1.88. The zero-order chi connectivity index (χ0) is 18.0. The van der Waals surface area contributed by atoms with E-state index in [0.29, 0.717) is 5.69 Å². The highest BCUT2D eigenvalue weighted by atomic mass is 19.4. The summed E-state index contributed by atoms with van der Waals surface area (Å²) in [5.41, 5.74) is -0.00859. The van der Waals surface area contributed by atoms with E-state index in [1.807, 2.05) is 49.4 Å². The molecular formula is C20H15F3N2. The Hall–Kier alpha value is -3.00. The summed E-state index contributed by atoms with van der Waals surface area (Å²) < 4.78 is 39.2. The fraction of sp³-hybridized carbons (Fsp3) is 0.150. The second kappa shape index (κ2) is 6.48. The summed E-state index contributed by atoms with van der Waals surface area (Å²) in [6.07, 6.45) is -4.56. The summed E-state index contributed by atoms with van der Waals surface area (Å²) in [5.74, 6) is 0. The van der Waals surface area contributed by atoms with E-state index in [4.69, 9.17) is 5.26 Å². The van der Waals surface area contributed by atoms with Gasteiger partial charge >= 0.3 is 6.18 Å². The molecule has 0 fully saturated rings. The van der Waals surface area contributed by atoms with Crippen molar-refractivity contribution >= 4 is 16.5 Å². The minimum Gasteiger partial charge on any atom is -0.379 e. The monoisotopic (exact) mass is 340 g/mol. The number of hydrogen-bond acceptors (Lipinski definition) is 2. The van der Waals surface area contributed by atoms with Crippen molar-refractivity contribution in [3.05, 3.63) is 77.4 Å². The van der Waals surface area contributed by atoms with E-state index in [0.717, 1.165) is 22.4 Å². The molecule has 5 heteroatoms. The molecule has 0 aliphatic carbocycles. The van der Waals surface area contributed by atoms with Crippen LogP contribution in [-0.4, -0.2) is 0 Å². The molecule has 0 unspecified atom stereocenters. The van der Waals surface area contributed by atoms with Gasteiger partial charge in [0.25, 0.3) is 0 Å². The van der Waals surface area contributed by atoms with Crippen LogP contribution in [-0.2, 0) is 6.18 Å². The van der Waals surface area contributed by atoms with Crippen molar-refractivity contribution in [1.29, 1.82) is 5.26 Å². The van der Waals surface area contributed by atoms with Crippen LogP contribution in [0.3, 0.4) is 0 Å². The third-order valence-electron chi connectivity index (χ3n) is 4.10. The van der Waals surface area contributed by atoms with Crippen molar-refractivity contribution in [1.82, 2.24) is 0 Å². The van der Waals surface area contributed by atoms with Gasteiger partial charge in [-0.1, -0.05) is 36.4 Å². The maximum Gasteiger partial charge on any atom is 0.417 e. The van der Waals surface area contributed by atoms with Gasteiger partial charge in [0, 0.05) is 11.7 Å². The van der Waals surface area contributed by atoms with Crippen molar-refractivity contribution in [2.24, 2.45) is 0 Å². The first-order valence-electron chi connectivity index (χ1n) is 7.75. The number of halogens is 3. The number of hydrogen-bond donors (Lipinski definition) is 1. The fourth-order valence-corrected chi connectivity index (χ4v) is 2.78. The molecule has 3 aromatic carbocycles. The van der Waals surface area contributed by atoms with Gasteiger partial charge in [0.2, 0.25) is 0 Å². The van der Waals surface area contributed by atoms with Crippen LogP contribution < -0.4 is 5.32 Å². The quantitative estimate of drug-likeness (QED) is 0.644. The SMILES string of the molecule is C[C@@H](Nc1ccc(C#N)c(C(F)(F)F)c1)c1ccc2ccccc2c1. The number of nitriles is 1. The van der Waals surface area contributed by atoms with E-state index in [1.54, 1.807) is 6.07 Å². The van der Waals surface area contributed by atoms with Crippen LogP contribution in [0.25, 0.3) is 10.8 Å². The molecule has 25 heavy (non-hydrogen) atoms. The maximum absolute atomic E-state index is 13.1. The molecule has 0 bridgehead atoms. The third-order valence-corrected chi connectivity index (χ3v) is 4.10. The third kappa shape index (κ3) is 3.58. The number of alkyl halides is 3. The van der Waals surface area contributed by atoms with Crippen LogP contribution in [0.2, 0.25) is 0 Å². The Balaban J connectivity index is 1.89. The minimum absolute atomic E-state index is 0.182. The highest BCUT2D eigenvalue weighted by Crippen LogP contribution is 2.34. The summed E-state index contributed by atoms with van der Waals surface area (Å²) in [6, 6.07) is 18.9. The van der Waals surface area contributed by atoms with Gasteiger partial charge in [-0.25, -0.2) is 0 Å². The van der Waals surface area contributed by atoms with Gasteiger partial charge in [0.15, 0.2) is 0 Å². The molecule has 0 aliphatic heterocycles. The van der Waals surface area contributed by atoms with Gasteiger partial charge < -0.3 is 5.32 Å². The number of fused-ring (bicyclic) bond motifs is 1. The van der Waals surface area contributed by atoms with Crippen LogP contribution in [0, 0.1) is 11.3 Å². The van der Waals surface area contributed by atoms with E-state index in [2.05, 4.69) is 5.32 Å². The van der Waals surface area contributed by atoms with Crippen molar-refractivity contribution in [3.8, 4) is 6.07 Å².